The molecule has 1 amide bonds. The van der Waals surface area contributed by atoms with E-state index in [2.05, 4.69) is 10.6 Å². The summed E-state index contributed by atoms with van der Waals surface area (Å²) in [5, 5.41) is 5.77. The first-order chi connectivity index (χ1) is 16.5. The van der Waals surface area contributed by atoms with Crippen LogP contribution in [0.4, 0.5) is 13.2 Å². The van der Waals surface area contributed by atoms with E-state index in [0.29, 0.717) is 16.1 Å². The minimum Gasteiger partial charge on any atom is -0.367 e. The lowest BCUT2D eigenvalue weighted by atomic mass is 10.0. The van der Waals surface area contributed by atoms with Crippen LogP contribution in [0.5, 0.6) is 0 Å². The van der Waals surface area contributed by atoms with E-state index in [4.69, 9.17) is 11.6 Å². The highest BCUT2D eigenvalue weighted by Gasteiger charge is 2.30. The number of halogens is 4. The Balaban J connectivity index is 1.61. The molecule has 3 rings (SSSR count). The summed E-state index contributed by atoms with van der Waals surface area (Å²) in [6.45, 7) is 1.73. The molecule has 0 aliphatic heterocycles. The second kappa shape index (κ2) is 11.0. The third-order valence-corrected chi connectivity index (χ3v) is 6.85. The number of allylic oxidation sites excluding steroid dienone is 1. The fraction of sp³-hybridized carbons (Fsp3) is 0.160. The van der Waals surface area contributed by atoms with Crippen molar-refractivity contribution < 1.29 is 26.4 Å². The fourth-order valence-corrected chi connectivity index (χ4v) is 4.39. The number of amides is 1. The lowest BCUT2D eigenvalue weighted by Crippen LogP contribution is -2.34. The molecule has 0 saturated heterocycles. The number of carbonyl (C=O) groups excluding carboxylic acids is 1. The van der Waals surface area contributed by atoms with Crippen LogP contribution in [-0.2, 0) is 27.4 Å². The van der Waals surface area contributed by atoms with E-state index in [1.54, 1.807) is 31.2 Å². The Labute approximate surface area is 206 Å². The number of benzene rings is 3. The smallest absolute Gasteiger partial charge is 0.367 e. The Morgan fingerprint density at radius 2 is 1.60 bits per heavy atom. The maximum Gasteiger partial charge on any atom is 0.416 e. The van der Waals surface area contributed by atoms with Gasteiger partial charge in [0.1, 0.15) is 5.88 Å². The van der Waals surface area contributed by atoms with Gasteiger partial charge in [0, 0.05) is 11.6 Å². The molecule has 184 valence electrons. The topological polar surface area (TPSA) is 75.3 Å². The first-order valence-corrected chi connectivity index (χ1v) is 12.5. The van der Waals surface area contributed by atoms with Gasteiger partial charge in [-0.05, 0) is 66.1 Å². The third-order valence-electron chi connectivity index (χ3n) is 5.08. The highest BCUT2D eigenvalue weighted by Crippen LogP contribution is 2.31. The molecule has 0 fully saturated rings. The summed E-state index contributed by atoms with van der Waals surface area (Å²) in [6.07, 6.45) is -2.94. The van der Waals surface area contributed by atoms with Crippen LogP contribution in [0.1, 0.15) is 18.1 Å². The maximum atomic E-state index is 12.8. The lowest BCUT2D eigenvalue weighted by Gasteiger charge is -2.13. The SMILES string of the molecule is C/C=C(\NCS(=O)(=O)c1ccc(Cl)cc1)C(=O)NCc1cccc(-c2ccc(C(F)(F)F)cc2)c1. The van der Waals surface area contributed by atoms with Gasteiger partial charge in [-0.25, -0.2) is 8.42 Å². The van der Waals surface area contributed by atoms with E-state index in [-0.39, 0.29) is 17.1 Å². The van der Waals surface area contributed by atoms with Crippen molar-refractivity contribution in [2.75, 3.05) is 5.88 Å². The summed E-state index contributed by atoms with van der Waals surface area (Å²) in [7, 11) is -3.69. The number of hydrogen-bond donors (Lipinski definition) is 2. The monoisotopic (exact) mass is 522 g/mol. The van der Waals surface area contributed by atoms with E-state index < -0.39 is 33.4 Å². The van der Waals surface area contributed by atoms with Gasteiger partial charge in [-0.2, -0.15) is 13.2 Å². The zero-order valence-corrected chi connectivity index (χ0v) is 20.1. The summed E-state index contributed by atoms with van der Waals surface area (Å²) >= 11 is 5.79. The largest absolute Gasteiger partial charge is 0.416 e. The Morgan fingerprint density at radius 3 is 2.20 bits per heavy atom. The summed E-state index contributed by atoms with van der Waals surface area (Å²) in [6, 6.07) is 17.6. The molecule has 10 heteroatoms. The van der Waals surface area contributed by atoms with Crippen molar-refractivity contribution in [3.8, 4) is 11.1 Å². The first-order valence-electron chi connectivity index (χ1n) is 10.4. The predicted octanol–water partition coefficient (Wildman–Crippen LogP) is 5.57. The average Bonchev–Trinajstić information content (AvgIpc) is 2.83. The zero-order chi connectivity index (χ0) is 25.6. The van der Waals surface area contributed by atoms with Gasteiger partial charge in [-0.1, -0.05) is 48.0 Å². The van der Waals surface area contributed by atoms with Gasteiger partial charge in [0.25, 0.3) is 5.91 Å². The predicted molar refractivity (Wildman–Crippen MR) is 129 cm³/mol. The third kappa shape index (κ3) is 7.10. The lowest BCUT2D eigenvalue weighted by molar-refractivity contribution is -0.137. The van der Waals surface area contributed by atoms with Gasteiger partial charge in [-0.3, -0.25) is 4.79 Å². The van der Waals surface area contributed by atoms with Crippen molar-refractivity contribution in [2.24, 2.45) is 0 Å². The number of carbonyl (C=O) groups is 1. The molecular formula is C25H22ClF3N2O3S. The van der Waals surface area contributed by atoms with E-state index in [1.807, 2.05) is 0 Å². The van der Waals surface area contributed by atoms with Gasteiger partial charge in [0.05, 0.1) is 16.2 Å². The van der Waals surface area contributed by atoms with Crippen molar-refractivity contribution in [1.29, 1.82) is 0 Å². The highest BCUT2D eigenvalue weighted by molar-refractivity contribution is 7.91. The molecule has 3 aromatic carbocycles. The van der Waals surface area contributed by atoms with E-state index in [1.165, 1.54) is 42.5 Å². The highest BCUT2D eigenvalue weighted by atomic mass is 35.5. The van der Waals surface area contributed by atoms with E-state index >= 15 is 0 Å². The molecule has 0 aliphatic carbocycles. The summed E-state index contributed by atoms with van der Waals surface area (Å²) in [4.78, 5) is 12.6. The molecule has 3 aromatic rings. The number of nitrogens with one attached hydrogen (secondary N) is 2. The van der Waals surface area contributed by atoms with Gasteiger partial charge in [-0.15, -0.1) is 0 Å². The second-order valence-electron chi connectivity index (χ2n) is 7.55. The molecule has 0 saturated carbocycles. The molecule has 0 bridgehead atoms. The Bertz CT molecular complexity index is 1320. The Hall–Kier alpha value is -3.30. The zero-order valence-electron chi connectivity index (χ0n) is 18.6. The van der Waals surface area contributed by atoms with Crippen molar-refractivity contribution >= 4 is 27.3 Å². The molecule has 5 nitrogen and oxygen atoms in total. The second-order valence-corrected chi connectivity index (χ2v) is 9.98. The Kier molecular flexibility index (Phi) is 8.24. The van der Waals surface area contributed by atoms with Crippen LogP contribution in [0.15, 0.2) is 89.5 Å². The molecule has 2 N–H and O–H groups in total. The van der Waals surface area contributed by atoms with Crippen molar-refractivity contribution in [2.45, 2.75) is 24.5 Å². The van der Waals surface area contributed by atoms with Crippen molar-refractivity contribution in [1.82, 2.24) is 10.6 Å². The quantitative estimate of drug-likeness (QED) is 0.379. The molecule has 0 spiro atoms. The summed E-state index contributed by atoms with van der Waals surface area (Å²) in [5.74, 6) is -0.982. The molecular weight excluding hydrogens is 501 g/mol. The van der Waals surface area contributed by atoms with Crippen LogP contribution in [0.25, 0.3) is 11.1 Å². The number of hydrogen-bond acceptors (Lipinski definition) is 4. The van der Waals surface area contributed by atoms with Gasteiger partial charge >= 0.3 is 6.18 Å². The van der Waals surface area contributed by atoms with Crippen LogP contribution in [0.2, 0.25) is 5.02 Å². The summed E-state index contributed by atoms with van der Waals surface area (Å²) in [5.41, 5.74) is 1.38. The van der Waals surface area contributed by atoms with Crippen LogP contribution < -0.4 is 10.6 Å². The average molecular weight is 523 g/mol. The summed E-state index contributed by atoms with van der Waals surface area (Å²) < 4.78 is 63.3. The normalized spacial score (nSPS) is 12.3. The van der Waals surface area contributed by atoms with Crippen molar-refractivity contribution in [3.05, 3.63) is 101 Å². The minimum atomic E-state index is -4.41. The molecule has 0 unspecified atom stereocenters. The number of alkyl halides is 3. The molecule has 0 radical (unpaired) electrons. The molecule has 0 aliphatic rings. The number of sulfone groups is 1. The van der Waals surface area contributed by atoms with Crippen LogP contribution in [-0.4, -0.2) is 20.2 Å². The van der Waals surface area contributed by atoms with Crippen molar-refractivity contribution in [3.63, 3.8) is 0 Å². The van der Waals surface area contributed by atoms with E-state index in [0.717, 1.165) is 17.7 Å². The fourth-order valence-electron chi connectivity index (χ4n) is 3.20. The molecule has 0 atom stereocenters. The molecule has 0 heterocycles. The van der Waals surface area contributed by atoms with Crippen LogP contribution >= 0.6 is 11.6 Å². The minimum absolute atomic E-state index is 0.0744. The van der Waals surface area contributed by atoms with Gasteiger partial charge in [0.2, 0.25) is 0 Å². The number of rotatable bonds is 8. The maximum absolute atomic E-state index is 12.8. The first kappa shape index (κ1) is 26.3. The van der Waals surface area contributed by atoms with Crippen LogP contribution in [0, 0.1) is 0 Å². The van der Waals surface area contributed by atoms with E-state index in [9.17, 15) is 26.4 Å². The molecule has 0 aromatic heterocycles. The van der Waals surface area contributed by atoms with Gasteiger partial charge in [0.15, 0.2) is 9.84 Å². The van der Waals surface area contributed by atoms with Gasteiger partial charge < -0.3 is 10.6 Å². The van der Waals surface area contributed by atoms with Crippen LogP contribution in [0.3, 0.4) is 0 Å². The molecule has 35 heavy (non-hydrogen) atoms. The Morgan fingerprint density at radius 1 is 0.943 bits per heavy atom. The standard InChI is InChI=1S/C25H22ClF3N2O3S/c1-2-23(31-16-35(33,34)22-12-10-21(26)11-13-22)24(32)30-15-17-4-3-5-19(14-17)18-6-8-20(9-7-18)25(27,28)29/h2-14,31H,15-16H2,1H3,(H,30,32)/b23-2-.